The van der Waals surface area contributed by atoms with Crippen LogP contribution in [0.25, 0.3) is 0 Å². The fourth-order valence-electron chi connectivity index (χ4n) is 2.10. The zero-order valence-corrected chi connectivity index (χ0v) is 13.3. The van der Waals surface area contributed by atoms with Crippen LogP contribution in [0.2, 0.25) is 5.02 Å². The van der Waals surface area contributed by atoms with Crippen LogP contribution in [-0.2, 0) is 10.4 Å². The number of nitro groups is 1. The first-order chi connectivity index (χ1) is 10.8. The Morgan fingerprint density at radius 3 is 2.48 bits per heavy atom. The molecule has 0 aromatic heterocycles. The lowest BCUT2D eigenvalue weighted by atomic mass is 9.94. The molecule has 1 N–H and O–H groups in total. The molecule has 2 aromatic carbocycles. The van der Waals surface area contributed by atoms with Gasteiger partial charge in [0.05, 0.1) is 0 Å². The van der Waals surface area contributed by atoms with Gasteiger partial charge >= 0.3 is 5.91 Å². The summed E-state index contributed by atoms with van der Waals surface area (Å²) in [4.78, 5) is 23.0. The van der Waals surface area contributed by atoms with E-state index in [4.69, 9.17) is 16.3 Å². The molecule has 0 aliphatic carbocycles. The van der Waals surface area contributed by atoms with Gasteiger partial charge in [0, 0.05) is 10.6 Å². The van der Waals surface area contributed by atoms with Gasteiger partial charge in [-0.05, 0) is 37.6 Å². The molecule has 6 nitrogen and oxygen atoms in total. The molecule has 0 saturated heterocycles. The maximum atomic E-state index is 12.3. The summed E-state index contributed by atoms with van der Waals surface area (Å²) in [6.07, 6.45) is 0. The van der Waals surface area contributed by atoms with E-state index in [1.807, 2.05) is 0 Å². The Morgan fingerprint density at radius 2 is 1.91 bits per heavy atom. The number of nitrogens with zero attached hydrogens (tertiary/aromatic N) is 1. The van der Waals surface area contributed by atoms with Crippen molar-refractivity contribution in [3.05, 3.63) is 74.8 Å². The molecule has 0 bridgehead atoms. The number of hydrogen-bond donors (Lipinski definition) is 1. The number of benzene rings is 2. The first kappa shape index (κ1) is 16.8. The molecule has 23 heavy (non-hydrogen) atoms. The third-order valence-electron chi connectivity index (χ3n) is 3.40. The van der Waals surface area contributed by atoms with Crippen LogP contribution in [-0.4, -0.2) is 10.9 Å². The van der Waals surface area contributed by atoms with Gasteiger partial charge in [-0.1, -0.05) is 47.4 Å². The monoisotopic (exact) mass is 334 g/mol. The first-order valence-corrected chi connectivity index (χ1v) is 7.17. The predicted octanol–water partition coefficient (Wildman–Crippen LogP) is 3.25. The second-order valence-electron chi connectivity index (χ2n) is 5.11. The fourth-order valence-corrected chi connectivity index (χ4v) is 2.22. The number of aryl methyl sites for hydroxylation is 1. The zero-order valence-electron chi connectivity index (χ0n) is 12.6. The zero-order chi connectivity index (χ0) is 17.0. The minimum absolute atomic E-state index is 0.386. The van der Waals surface area contributed by atoms with Crippen LogP contribution in [0.15, 0.2) is 48.5 Å². The Morgan fingerprint density at radius 1 is 1.26 bits per heavy atom. The lowest BCUT2D eigenvalue weighted by molar-refractivity contribution is -0.531. The molecule has 0 spiro atoms. The smallest absolute Gasteiger partial charge is 0.327 e. The molecule has 1 amide bonds. The molecule has 0 fully saturated rings. The number of carbonyl (C=O) groups is 1. The molecule has 0 heterocycles. The summed E-state index contributed by atoms with van der Waals surface area (Å²) in [6.45, 7) is 3.28. The highest BCUT2D eigenvalue weighted by Crippen LogP contribution is 2.30. The van der Waals surface area contributed by atoms with E-state index in [0.717, 1.165) is 5.56 Å². The third-order valence-corrected chi connectivity index (χ3v) is 3.83. The topological polar surface area (TPSA) is 81.5 Å². The number of nitrogens with one attached hydrogen (secondary N) is 1. The van der Waals surface area contributed by atoms with Gasteiger partial charge in [-0.3, -0.25) is 4.79 Å². The lowest BCUT2D eigenvalue weighted by Gasteiger charge is -2.28. The number of carbonyl (C=O) groups excluding carboxylic acids is 1. The molecule has 1 unspecified atom stereocenters. The van der Waals surface area contributed by atoms with Gasteiger partial charge in [0.1, 0.15) is 5.75 Å². The Kier molecular flexibility index (Phi) is 4.86. The van der Waals surface area contributed by atoms with Gasteiger partial charge in [-0.2, -0.15) is 0 Å². The molecule has 1 atom stereocenters. The fraction of sp³-hybridized carbons (Fsp3) is 0.188. The Balaban J connectivity index is 2.42. The van der Waals surface area contributed by atoms with Gasteiger partial charge in [-0.25, -0.2) is 10.1 Å². The standard InChI is InChI=1S/C16H15ClN2O4/c1-11-10-13(8-9-14(11)17)23-16(2,15(20)18-19(21)22)12-6-4-3-5-7-12/h3-10H,1-2H3,(H,18,20). The van der Waals surface area contributed by atoms with Crippen molar-refractivity contribution in [1.29, 1.82) is 0 Å². The van der Waals surface area contributed by atoms with Crippen LogP contribution in [0.3, 0.4) is 0 Å². The third kappa shape index (κ3) is 3.78. The first-order valence-electron chi connectivity index (χ1n) is 6.79. The molecule has 7 heteroatoms. The minimum Gasteiger partial charge on any atom is -0.473 e. The van der Waals surface area contributed by atoms with Crippen molar-refractivity contribution in [2.75, 3.05) is 0 Å². The van der Waals surface area contributed by atoms with Crippen LogP contribution in [0, 0.1) is 17.0 Å². The van der Waals surface area contributed by atoms with E-state index < -0.39 is 16.5 Å². The normalized spacial score (nSPS) is 13.0. The predicted molar refractivity (Wildman–Crippen MR) is 85.7 cm³/mol. The Hall–Kier alpha value is -2.60. The largest absolute Gasteiger partial charge is 0.473 e. The van der Waals surface area contributed by atoms with Crippen molar-refractivity contribution in [2.45, 2.75) is 19.4 Å². The number of ether oxygens (including phenoxy) is 1. The second-order valence-corrected chi connectivity index (χ2v) is 5.52. The summed E-state index contributed by atoms with van der Waals surface area (Å²) in [5.74, 6) is -0.488. The number of halogens is 1. The Labute approximate surface area is 138 Å². The summed E-state index contributed by atoms with van der Waals surface area (Å²) >= 11 is 5.98. The van der Waals surface area contributed by atoms with Crippen LogP contribution >= 0.6 is 11.6 Å². The average molecular weight is 335 g/mol. The Bertz CT molecular complexity index is 736. The van der Waals surface area contributed by atoms with Crippen molar-refractivity contribution in [3.8, 4) is 5.75 Å². The van der Waals surface area contributed by atoms with Crippen LogP contribution in [0.1, 0.15) is 18.1 Å². The quantitative estimate of drug-likeness (QED) is 0.672. The van der Waals surface area contributed by atoms with Gasteiger partial charge in [0.15, 0.2) is 5.03 Å². The van der Waals surface area contributed by atoms with Gasteiger partial charge in [0.2, 0.25) is 5.60 Å². The van der Waals surface area contributed by atoms with E-state index >= 15 is 0 Å². The average Bonchev–Trinajstić information content (AvgIpc) is 2.51. The van der Waals surface area contributed by atoms with Crippen molar-refractivity contribution in [2.24, 2.45) is 0 Å². The van der Waals surface area contributed by atoms with Crippen molar-refractivity contribution in [1.82, 2.24) is 5.43 Å². The molecule has 2 rings (SSSR count). The molecule has 0 aliphatic heterocycles. The molecular weight excluding hydrogens is 320 g/mol. The van der Waals surface area contributed by atoms with E-state index in [1.54, 1.807) is 60.9 Å². The van der Waals surface area contributed by atoms with Crippen LogP contribution in [0.4, 0.5) is 0 Å². The molecule has 0 aliphatic rings. The number of rotatable bonds is 5. The number of hydrazine groups is 1. The van der Waals surface area contributed by atoms with E-state index in [2.05, 4.69) is 0 Å². The summed E-state index contributed by atoms with van der Waals surface area (Å²) < 4.78 is 5.81. The summed E-state index contributed by atoms with van der Waals surface area (Å²) in [7, 11) is 0. The van der Waals surface area contributed by atoms with Crippen LogP contribution < -0.4 is 10.2 Å². The molecule has 0 saturated carbocycles. The lowest BCUT2D eigenvalue weighted by Crippen LogP contribution is -2.48. The van der Waals surface area contributed by atoms with Crippen molar-refractivity contribution in [3.63, 3.8) is 0 Å². The number of amides is 1. The molecule has 0 radical (unpaired) electrons. The maximum Gasteiger partial charge on any atom is 0.327 e. The second kappa shape index (κ2) is 6.66. The van der Waals surface area contributed by atoms with E-state index in [-0.39, 0.29) is 0 Å². The van der Waals surface area contributed by atoms with Crippen LogP contribution in [0.5, 0.6) is 5.75 Å². The van der Waals surface area contributed by atoms with E-state index in [0.29, 0.717) is 16.3 Å². The van der Waals surface area contributed by atoms with E-state index in [1.165, 1.54) is 6.92 Å². The highest BCUT2D eigenvalue weighted by atomic mass is 35.5. The highest BCUT2D eigenvalue weighted by Gasteiger charge is 2.40. The van der Waals surface area contributed by atoms with Crippen molar-refractivity contribution >= 4 is 17.5 Å². The SMILES string of the molecule is Cc1cc(OC(C)(C(=O)N[N+](=O)[O-])c2ccccc2)ccc1Cl. The summed E-state index contributed by atoms with van der Waals surface area (Å²) in [5, 5.41) is 10.3. The minimum atomic E-state index is -1.56. The summed E-state index contributed by atoms with van der Waals surface area (Å²) in [6, 6.07) is 13.5. The molecular formula is C16H15ClN2O4. The van der Waals surface area contributed by atoms with E-state index in [9.17, 15) is 14.9 Å². The number of hydrogen-bond acceptors (Lipinski definition) is 4. The highest BCUT2D eigenvalue weighted by molar-refractivity contribution is 6.31. The molecule has 2 aromatic rings. The molecule has 120 valence electrons. The van der Waals surface area contributed by atoms with Crippen molar-refractivity contribution < 1.29 is 14.6 Å². The van der Waals surface area contributed by atoms with Gasteiger partial charge < -0.3 is 4.74 Å². The van der Waals surface area contributed by atoms with Gasteiger partial charge in [0.25, 0.3) is 0 Å². The van der Waals surface area contributed by atoms with Gasteiger partial charge in [-0.15, -0.1) is 0 Å². The maximum absolute atomic E-state index is 12.3. The summed E-state index contributed by atoms with van der Waals surface area (Å²) in [5.41, 5.74) is 1.36.